The molecule has 2 heterocycles. The van der Waals surface area contributed by atoms with Crippen LogP contribution in [0.3, 0.4) is 0 Å². The Morgan fingerprint density at radius 3 is 2.93 bits per heavy atom. The highest BCUT2D eigenvalue weighted by Crippen LogP contribution is 2.31. The Bertz CT molecular complexity index is 945. The summed E-state index contributed by atoms with van der Waals surface area (Å²) in [5.74, 6) is 0.120. The summed E-state index contributed by atoms with van der Waals surface area (Å²) < 4.78 is 23.6. The summed E-state index contributed by atoms with van der Waals surface area (Å²) >= 11 is 6.13. The molecule has 3 rings (SSSR count). The van der Waals surface area contributed by atoms with Crippen molar-refractivity contribution < 1.29 is 18.3 Å². The second-order valence-electron chi connectivity index (χ2n) is 5.75. The number of nitrogens with one attached hydrogen (secondary N) is 1. The molecule has 1 aromatic carbocycles. The molecule has 6 nitrogen and oxygen atoms in total. The fourth-order valence-electron chi connectivity index (χ4n) is 2.59. The standard InChI is InChI=1S/C19H17ClFN3O3/c1-26-16-5-4-13(8-15(16)20)18-17(24-11-27-18)19(25)23-6-2-3-12-7-14(21)10-22-9-12/h4-5,7-11H,2-3,6H2,1H3,(H,23,25). The van der Waals surface area contributed by atoms with Crippen LogP contribution >= 0.6 is 11.6 Å². The van der Waals surface area contributed by atoms with Crippen LogP contribution in [0.25, 0.3) is 11.3 Å². The first kappa shape index (κ1) is 18.8. The third kappa shape index (κ3) is 4.62. The Hall–Kier alpha value is -2.93. The monoisotopic (exact) mass is 389 g/mol. The largest absolute Gasteiger partial charge is 0.495 e. The van der Waals surface area contributed by atoms with Crippen LogP contribution in [-0.2, 0) is 6.42 Å². The number of rotatable bonds is 7. The van der Waals surface area contributed by atoms with Crippen molar-refractivity contribution in [3.63, 3.8) is 0 Å². The van der Waals surface area contributed by atoms with Gasteiger partial charge in [0.05, 0.1) is 18.3 Å². The van der Waals surface area contributed by atoms with E-state index in [9.17, 15) is 9.18 Å². The predicted molar refractivity (Wildman–Crippen MR) is 98.4 cm³/mol. The summed E-state index contributed by atoms with van der Waals surface area (Å²) in [6.45, 7) is 0.408. The van der Waals surface area contributed by atoms with Gasteiger partial charge >= 0.3 is 0 Å². The number of methoxy groups -OCH3 is 1. The van der Waals surface area contributed by atoms with Gasteiger partial charge in [0.2, 0.25) is 0 Å². The Morgan fingerprint density at radius 2 is 2.19 bits per heavy atom. The topological polar surface area (TPSA) is 77.2 Å². The van der Waals surface area contributed by atoms with E-state index in [0.29, 0.717) is 41.5 Å². The molecule has 3 aromatic rings. The summed E-state index contributed by atoms with van der Waals surface area (Å²) in [5, 5.41) is 3.19. The zero-order valence-electron chi connectivity index (χ0n) is 14.5. The third-order valence-electron chi connectivity index (χ3n) is 3.89. The number of ether oxygens (including phenoxy) is 1. The van der Waals surface area contributed by atoms with Gasteiger partial charge in [-0.3, -0.25) is 9.78 Å². The van der Waals surface area contributed by atoms with Crippen LogP contribution in [0.5, 0.6) is 5.75 Å². The molecule has 0 bridgehead atoms. The summed E-state index contributed by atoms with van der Waals surface area (Å²) in [6, 6.07) is 6.50. The van der Waals surface area contributed by atoms with Crippen molar-refractivity contribution in [2.24, 2.45) is 0 Å². The molecule has 0 saturated carbocycles. The molecule has 1 amide bonds. The van der Waals surface area contributed by atoms with Crippen molar-refractivity contribution in [1.82, 2.24) is 15.3 Å². The molecule has 0 aliphatic heterocycles. The molecule has 8 heteroatoms. The summed E-state index contributed by atoms with van der Waals surface area (Å²) in [5.41, 5.74) is 1.57. The van der Waals surface area contributed by atoms with E-state index < -0.39 is 0 Å². The molecule has 2 aromatic heterocycles. The molecule has 27 heavy (non-hydrogen) atoms. The lowest BCUT2D eigenvalue weighted by Gasteiger charge is -2.07. The minimum absolute atomic E-state index is 0.170. The van der Waals surface area contributed by atoms with Gasteiger partial charge in [0.15, 0.2) is 17.8 Å². The molecule has 0 unspecified atom stereocenters. The van der Waals surface area contributed by atoms with Crippen LogP contribution in [0.4, 0.5) is 4.39 Å². The van der Waals surface area contributed by atoms with Crippen molar-refractivity contribution in [1.29, 1.82) is 0 Å². The van der Waals surface area contributed by atoms with E-state index >= 15 is 0 Å². The minimum atomic E-state index is -0.373. The molecule has 0 fully saturated rings. The Morgan fingerprint density at radius 1 is 1.33 bits per heavy atom. The van der Waals surface area contributed by atoms with Crippen LogP contribution in [0.15, 0.2) is 47.5 Å². The number of halogens is 2. The SMILES string of the molecule is COc1ccc(-c2ocnc2C(=O)NCCCc2cncc(F)c2)cc1Cl. The number of benzene rings is 1. The number of hydrogen-bond donors (Lipinski definition) is 1. The van der Waals surface area contributed by atoms with Crippen molar-refractivity contribution >= 4 is 17.5 Å². The Kier molecular flexibility index (Phi) is 6.03. The Labute approximate surface area is 160 Å². The van der Waals surface area contributed by atoms with E-state index in [1.807, 2.05) is 0 Å². The zero-order chi connectivity index (χ0) is 19.2. The van der Waals surface area contributed by atoms with Gasteiger partial charge in [0.1, 0.15) is 11.6 Å². The summed E-state index contributed by atoms with van der Waals surface area (Å²) in [6.07, 6.45) is 5.21. The van der Waals surface area contributed by atoms with Crippen LogP contribution < -0.4 is 10.1 Å². The number of amides is 1. The maximum absolute atomic E-state index is 13.1. The maximum Gasteiger partial charge on any atom is 0.273 e. The lowest BCUT2D eigenvalue weighted by atomic mass is 10.1. The highest BCUT2D eigenvalue weighted by Gasteiger charge is 2.19. The molecule has 0 saturated heterocycles. The first-order chi connectivity index (χ1) is 13.1. The van der Waals surface area contributed by atoms with E-state index in [0.717, 1.165) is 11.8 Å². The third-order valence-corrected chi connectivity index (χ3v) is 4.18. The molecule has 140 valence electrons. The zero-order valence-corrected chi connectivity index (χ0v) is 15.3. The summed E-state index contributed by atoms with van der Waals surface area (Å²) in [7, 11) is 1.52. The smallest absolute Gasteiger partial charge is 0.273 e. The number of nitrogens with zero attached hydrogens (tertiary/aromatic N) is 2. The van der Waals surface area contributed by atoms with Crippen molar-refractivity contribution in [2.45, 2.75) is 12.8 Å². The lowest BCUT2D eigenvalue weighted by Crippen LogP contribution is -2.25. The number of hydrogen-bond acceptors (Lipinski definition) is 5. The second kappa shape index (κ2) is 8.64. The van der Waals surface area contributed by atoms with Crippen LogP contribution in [0.2, 0.25) is 5.02 Å². The van der Waals surface area contributed by atoms with Gasteiger partial charge in [-0.15, -0.1) is 0 Å². The normalized spacial score (nSPS) is 10.6. The first-order valence-corrected chi connectivity index (χ1v) is 8.61. The number of aromatic nitrogens is 2. The number of oxazole rings is 1. The number of carbonyl (C=O) groups excluding carboxylic acids is 1. The molecule has 0 atom stereocenters. The Balaban J connectivity index is 1.61. The molecule has 0 spiro atoms. The fraction of sp³-hybridized carbons (Fsp3) is 0.211. The van der Waals surface area contributed by atoms with Crippen molar-refractivity contribution in [2.75, 3.05) is 13.7 Å². The van der Waals surface area contributed by atoms with Crippen LogP contribution in [-0.4, -0.2) is 29.5 Å². The van der Waals surface area contributed by atoms with E-state index in [2.05, 4.69) is 15.3 Å². The van der Waals surface area contributed by atoms with E-state index in [-0.39, 0.29) is 17.4 Å². The molecular formula is C19H17ClFN3O3. The molecule has 0 aliphatic rings. The summed E-state index contributed by atoms with van der Waals surface area (Å²) in [4.78, 5) is 20.2. The van der Waals surface area contributed by atoms with Crippen LogP contribution in [0.1, 0.15) is 22.5 Å². The van der Waals surface area contributed by atoms with Gasteiger partial charge in [-0.25, -0.2) is 9.37 Å². The average molecular weight is 390 g/mol. The first-order valence-electron chi connectivity index (χ1n) is 8.23. The van der Waals surface area contributed by atoms with Gasteiger partial charge < -0.3 is 14.5 Å². The van der Waals surface area contributed by atoms with Gasteiger partial charge in [0.25, 0.3) is 5.91 Å². The van der Waals surface area contributed by atoms with Crippen molar-refractivity contribution in [3.8, 4) is 17.1 Å². The fourth-order valence-corrected chi connectivity index (χ4v) is 2.85. The van der Waals surface area contributed by atoms with Gasteiger partial charge in [-0.05, 0) is 42.7 Å². The average Bonchev–Trinajstić information content (AvgIpc) is 3.15. The molecule has 0 radical (unpaired) electrons. The van der Waals surface area contributed by atoms with Gasteiger partial charge in [0, 0.05) is 18.3 Å². The highest BCUT2D eigenvalue weighted by atomic mass is 35.5. The van der Waals surface area contributed by atoms with Crippen LogP contribution in [0, 0.1) is 5.82 Å². The second-order valence-corrected chi connectivity index (χ2v) is 6.16. The number of aryl methyl sites for hydroxylation is 1. The lowest BCUT2D eigenvalue weighted by molar-refractivity contribution is 0.0949. The van der Waals surface area contributed by atoms with E-state index in [1.165, 1.54) is 19.6 Å². The number of pyridine rings is 1. The van der Waals surface area contributed by atoms with Gasteiger partial charge in [-0.2, -0.15) is 0 Å². The maximum atomic E-state index is 13.1. The predicted octanol–water partition coefficient (Wildman–Crippen LogP) is 3.90. The highest BCUT2D eigenvalue weighted by molar-refractivity contribution is 6.32. The number of carbonyl (C=O) groups is 1. The molecular weight excluding hydrogens is 373 g/mol. The van der Waals surface area contributed by atoms with Crippen molar-refractivity contribution in [3.05, 3.63) is 65.2 Å². The molecule has 1 N–H and O–H groups in total. The van der Waals surface area contributed by atoms with E-state index in [1.54, 1.807) is 24.4 Å². The minimum Gasteiger partial charge on any atom is -0.495 e. The van der Waals surface area contributed by atoms with E-state index in [4.69, 9.17) is 20.8 Å². The molecule has 0 aliphatic carbocycles. The quantitative estimate of drug-likeness (QED) is 0.620. The van der Waals surface area contributed by atoms with Gasteiger partial charge in [-0.1, -0.05) is 11.6 Å².